The summed E-state index contributed by atoms with van der Waals surface area (Å²) in [6, 6.07) is 14.8. The van der Waals surface area contributed by atoms with Crippen molar-refractivity contribution in [2.24, 2.45) is 0 Å². The van der Waals surface area contributed by atoms with Crippen LogP contribution in [0.4, 0.5) is 0 Å². The Hall–Kier alpha value is -3.21. The molecule has 1 fully saturated rings. The van der Waals surface area contributed by atoms with E-state index in [2.05, 4.69) is 88.2 Å². The van der Waals surface area contributed by atoms with Gasteiger partial charge < -0.3 is 0 Å². The first-order valence-corrected chi connectivity index (χ1v) is 13.1. The Morgan fingerprint density at radius 1 is 0.824 bits per heavy atom. The van der Waals surface area contributed by atoms with Crippen molar-refractivity contribution in [3.8, 4) is 10.3 Å². The monoisotopic (exact) mass is 488 g/mol. The molecule has 10 heteroatoms. The molecule has 0 aliphatic heterocycles. The molecule has 5 heterocycles. The maximum atomic E-state index is 4.68. The summed E-state index contributed by atoms with van der Waals surface area (Å²) in [6.45, 7) is 2.59. The van der Waals surface area contributed by atoms with Gasteiger partial charge in [0.25, 0.3) is 0 Å². The van der Waals surface area contributed by atoms with Crippen LogP contribution in [0.3, 0.4) is 0 Å². The van der Waals surface area contributed by atoms with Crippen LogP contribution in [0.2, 0.25) is 0 Å². The molecule has 172 valence electrons. The normalized spacial score (nSPS) is 14.6. The third kappa shape index (κ3) is 4.31. The van der Waals surface area contributed by atoms with Crippen LogP contribution in [0.25, 0.3) is 10.3 Å². The molecule has 5 aromatic rings. The van der Waals surface area contributed by atoms with Crippen LogP contribution in [0.5, 0.6) is 0 Å². The van der Waals surface area contributed by atoms with Crippen LogP contribution in [0.15, 0.2) is 72.1 Å². The van der Waals surface area contributed by atoms with E-state index in [1.54, 1.807) is 33.7 Å². The highest BCUT2D eigenvalue weighted by Gasteiger charge is 2.45. The summed E-state index contributed by atoms with van der Waals surface area (Å²) < 4.78 is 4.28. The molecule has 34 heavy (non-hydrogen) atoms. The highest BCUT2D eigenvalue weighted by Crippen LogP contribution is 2.50. The van der Waals surface area contributed by atoms with Gasteiger partial charge >= 0.3 is 0 Å². The Morgan fingerprint density at radius 3 is 1.97 bits per heavy atom. The predicted molar refractivity (Wildman–Crippen MR) is 132 cm³/mol. The third-order valence-corrected chi connectivity index (χ3v) is 7.89. The molecule has 1 aliphatic carbocycles. The lowest BCUT2D eigenvalue weighted by Crippen LogP contribution is -2.29. The van der Waals surface area contributed by atoms with E-state index in [0.29, 0.717) is 0 Å². The molecular formula is C24H24N8S2. The summed E-state index contributed by atoms with van der Waals surface area (Å²) in [6.07, 6.45) is 9.54. The van der Waals surface area contributed by atoms with E-state index >= 15 is 0 Å². The van der Waals surface area contributed by atoms with Crippen LogP contribution in [-0.4, -0.2) is 46.0 Å². The number of hydrogen-bond acceptors (Lipinski definition) is 8. The summed E-state index contributed by atoms with van der Waals surface area (Å²) in [5.74, 6) is 0. The fourth-order valence-corrected chi connectivity index (χ4v) is 5.66. The summed E-state index contributed by atoms with van der Waals surface area (Å²) in [4.78, 5) is 7.20. The first-order valence-electron chi connectivity index (χ1n) is 11.3. The van der Waals surface area contributed by atoms with E-state index in [-0.39, 0.29) is 5.41 Å². The van der Waals surface area contributed by atoms with Gasteiger partial charge in [-0.3, -0.25) is 19.0 Å². The zero-order valence-electron chi connectivity index (χ0n) is 18.6. The number of pyridine rings is 1. The minimum Gasteiger partial charge on any atom is -0.294 e. The molecule has 1 aliphatic rings. The number of hydrogen-bond donors (Lipinski definition) is 0. The average Bonchev–Trinajstić information content (AvgIpc) is 3.44. The Kier molecular flexibility index (Phi) is 5.78. The minimum atomic E-state index is 0.210. The highest BCUT2D eigenvalue weighted by atomic mass is 32.1. The van der Waals surface area contributed by atoms with E-state index in [1.807, 2.05) is 12.3 Å². The van der Waals surface area contributed by atoms with Gasteiger partial charge in [0.2, 0.25) is 10.3 Å². The predicted octanol–water partition coefficient (Wildman–Crippen LogP) is 4.49. The standard InChI is InChI=1S/C24H24N8S2/c1-2-11-25-21(7-1)24(8-9-24)10-14-30(15-19-5-3-12-31(19)22-28-26-17-33-22)16-20-6-4-13-32(20)23-29-27-18-34-23/h1-7,11-13,17-18H,8-10,14-16H2. The van der Waals surface area contributed by atoms with Crippen molar-refractivity contribution in [2.45, 2.75) is 37.8 Å². The Labute approximate surface area is 205 Å². The quantitative estimate of drug-likeness (QED) is 0.288. The molecule has 6 rings (SSSR count). The molecule has 0 amide bonds. The molecule has 0 unspecified atom stereocenters. The largest absolute Gasteiger partial charge is 0.294 e. The molecule has 0 N–H and O–H groups in total. The molecule has 0 atom stereocenters. The molecule has 5 aromatic heterocycles. The second kappa shape index (κ2) is 9.21. The van der Waals surface area contributed by atoms with Gasteiger partial charge in [0.1, 0.15) is 11.0 Å². The maximum absolute atomic E-state index is 4.68. The first kappa shape index (κ1) is 21.3. The van der Waals surface area contributed by atoms with Crippen molar-refractivity contribution >= 4 is 22.7 Å². The van der Waals surface area contributed by atoms with Crippen molar-refractivity contribution < 1.29 is 0 Å². The smallest absolute Gasteiger partial charge is 0.216 e. The van der Waals surface area contributed by atoms with Gasteiger partial charge in [0.05, 0.1) is 0 Å². The lowest BCUT2D eigenvalue weighted by molar-refractivity contribution is 0.234. The first-order chi connectivity index (χ1) is 16.8. The van der Waals surface area contributed by atoms with Crippen molar-refractivity contribution in [2.75, 3.05) is 6.54 Å². The van der Waals surface area contributed by atoms with Crippen molar-refractivity contribution in [3.05, 3.63) is 89.2 Å². The Balaban J connectivity index is 1.26. The molecule has 0 spiro atoms. The van der Waals surface area contributed by atoms with Crippen LogP contribution < -0.4 is 0 Å². The van der Waals surface area contributed by atoms with Crippen molar-refractivity contribution in [1.82, 2.24) is 39.4 Å². The molecular weight excluding hydrogens is 464 g/mol. The summed E-state index contributed by atoms with van der Waals surface area (Å²) in [5, 5.41) is 18.4. The van der Waals surface area contributed by atoms with Gasteiger partial charge in [-0.05, 0) is 62.2 Å². The van der Waals surface area contributed by atoms with Gasteiger partial charge in [-0.15, -0.1) is 20.4 Å². The molecule has 1 saturated carbocycles. The second-order valence-corrected chi connectivity index (χ2v) is 10.3. The molecule has 8 nitrogen and oxygen atoms in total. The number of aromatic nitrogens is 7. The molecule has 0 radical (unpaired) electrons. The lowest BCUT2D eigenvalue weighted by atomic mass is 9.97. The fourth-order valence-electron chi connectivity index (χ4n) is 4.51. The topological polar surface area (TPSA) is 77.5 Å². The Morgan fingerprint density at radius 2 is 1.47 bits per heavy atom. The molecule has 0 bridgehead atoms. The van der Waals surface area contributed by atoms with Gasteiger partial charge in [-0.25, -0.2) is 0 Å². The summed E-state index contributed by atoms with van der Waals surface area (Å²) in [7, 11) is 0. The number of nitrogens with zero attached hydrogens (tertiary/aromatic N) is 8. The van der Waals surface area contributed by atoms with Crippen LogP contribution in [0, 0.1) is 0 Å². The van der Waals surface area contributed by atoms with Crippen LogP contribution in [0.1, 0.15) is 36.3 Å². The van der Waals surface area contributed by atoms with Gasteiger partial charge in [-0.2, -0.15) is 0 Å². The Bertz CT molecular complexity index is 1250. The summed E-state index contributed by atoms with van der Waals surface area (Å²) in [5.41, 5.74) is 7.39. The minimum absolute atomic E-state index is 0.210. The summed E-state index contributed by atoms with van der Waals surface area (Å²) >= 11 is 3.10. The van der Waals surface area contributed by atoms with E-state index in [4.69, 9.17) is 0 Å². The molecule has 0 saturated heterocycles. The van der Waals surface area contributed by atoms with Crippen LogP contribution >= 0.6 is 22.7 Å². The fraction of sp³-hybridized carbons (Fsp3) is 0.292. The molecule has 0 aromatic carbocycles. The van der Waals surface area contributed by atoms with Gasteiger partial charge in [0, 0.05) is 54.2 Å². The number of rotatable bonds is 10. The van der Waals surface area contributed by atoms with Gasteiger partial charge in [-0.1, -0.05) is 28.7 Å². The van der Waals surface area contributed by atoms with Gasteiger partial charge in [0.15, 0.2) is 0 Å². The lowest BCUT2D eigenvalue weighted by Gasteiger charge is -2.26. The van der Waals surface area contributed by atoms with Crippen molar-refractivity contribution in [3.63, 3.8) is 0 Å². The van der Waals surface area contributed by atoms with E-state index in [0.717, 1.165) is 36.3 Å². The van der Waals surface area contributed by atoms with Crippen LogP contribution in [-0.2, 0) is 18.5 Å². The zero-order chi connectivity index (χ0) is 22.8. The van der Waals surface area contributed by atoms with Crippen molar-refractivity contribution in [1.29, 1.82) is 0 Å². The second-order valence-electron chi connectivity index (χ2n) is 8.64. The third-order valence-electron chi connectivity index (χ3n) is 6.52. The SMILES string of the molecule is c1ccc(C2(CCN(Cc3cccn3-c3nncs3)Cc3cccn3-c3nncs3)CC2)nc1. The van der Waals surface area contributed by atoms with E-state index < -0.39 is 0 Å². The average molecular weight is 489 g/mol. The maximum Gasteiger partial charge on any atom is 0.216 e. The zero-order valence-corrected chi connectivity index (χ0v) is 20.2. The van der Waals surface area contributed by atoms with E-state index in [1.165, 1.54) is 29.9 Å². The highest BCUT2D eigenvalue weighted by molar-refractivity contribution is 7.12. The van der Waals surface area contributed by atoms with E-state index in [9.17, 15) is 0 Å².